The van der Waals surface area contributed by atoms with Crippen LogP contribution in [0.4, 0.5) is 13.2 Å². The van der Waals surface area contributed by atoms with Crippen molar-refractivity contribution in [3.05, 3.63) is 11.8 Å². The molecular formula is C13H21F3NO5P. The molecule has 0 radical (unpaired) electrons. The molecule has 134 valence electrons. The van der Waals surface area contributed by atoms with E-state index in [9.17, 15) is 22.5 Å². The predicted octanol–water partition coefficient (Wildman–Crippen LogP) is 2.60. The first-order valence-electron chi connectivity index (χ1n) is 7.24. The van der Waals surface area contributed by atoms with E-state index in [0.29, 0.717) is 32.4 Å². The van der Waals surface area contributed by atoms with Gasteiger partial charge in [-0.3, -0.25) is 9.36 Å². The van der Waals surface area contributed by atoms with E-state index < -0.39 is 25.7 Å². The standard InChI is InChI=1S/C13H21F3NO5P/c1-3-21-23(19,22-4-2)10-11(9-12(18)13(14,15)16)17-5-7-20-8-6-17/h9H,3-8,10H2,1-2H3/b11-9-. The van der Waals surface area contributed by atoms with Crippen LogP contribution < -0.4 is 0 Å². The van der Waals surface area contributed by atoms with E-state index in [1.807, 2.05) is 0 Å². The summed E-state index contributed by atoms with van der Waals surface area (Å²) >= 11 is 0. The lowest BCUT2D eigenvalue weighted by Crippen LogP contribution is -2.37. The third-order valence-electron chi connectivity index (χ3n) is 3.00. The summed E-state index contributed by atoms with van der Waals surface area (Å²) in [5.41, 5.74) is -0.0131. The third kappa shape index (κ3) is 6.63. The van der Waals surface area contributed by atoms with Crippen LogP contribution in [0.5, 0.6) is 0 Å². The number of ether oxygens (including phenoxy) is 1. The van der Waals surface area contributed by atoms with Crippen LogP contribution in [0.1, 0.15) is 13.8 Å². The number of hydrogen-bond acceptors (Lipinski definition) is 6. The number of morpholine rings is 1. The Balaban J connectivity index is 3.05. The number of rotatable bonds is 8. The summed E-state index contributed by atoms with van der Waals surface area (Å²) in [5.74, 6) is -2.00. The SMILES string of the molecule is CCOP(=O)(C/C(=C/C(=O)C(F)(F)F)N1CCOCC1)OCC. The quantitative estimate of drug-likeness (QED) is 0.490. The minimum atomic E-state index is -4.99. The molecule has 1 aliphatic heterocycles. The van der Waals surface area contributed by atoms with Crippen LogP contribution in [-0.2, 0) is 23.1 Å². The van der Waals surface area contributed by atoms with Crippen LogP contribution >= 0.6 is 7.60 Å². The summed E-state index contributed by atoms with van der Waals surface area (Å²) in [7, 11) is -3.62. The van der Waals surface area contributed by atoms with Crippen LogP contribution in [0.25, 0.3) is 0 Å². The minimum absolute atomic E-state index is 0.0131. The first-order valence-corrected chi connectivity index (χ1v) is 8.97. The molecule has 0 bridgehead atoms. The molecule has 0 aromatic heterocycles. The Hall–Kier alpha value is -0.890. The Morgan fingerprint density at radius 1 is 1.22 bits per heavy atom. The number of carbonyl (C=O) groups excluding carboxylic acids is 1. The van der Waals surface area contributed by atoms with Gasteiger partial charge in [0.2, 0.25) is 0 Å². The highest BCUT2D eigenvalue weighted by Crippen LogP contribution is 2.50. The van der Waals surface area contributed by atoms with Crippen molar-refractivity contribution in [3.8, 4) is 0 Å². The maximum absolute atomic E-state index is 12.6. The molecule has 1 fully saturated rings. The highest BCUT2D eigenvalue weighted by atomic mass is 31.2. The Labute approximate surface area is 133 Å². The lowest BCUT2D eigenvalue weighted by Gasteiger charge is -2.32. The molecule has 1 saturated heterocycles. The van der Waals surface area contributed by atoms with Gasteiger partial charge in [0.1, 0.15) is 0 Å². The van der Waals surface area contributed by atoms with E-state index in [1.54, 1.807) is 13.8 Å². The van der Waals surface area contributed by atoms with Gasteiger partial charge in [0.05, 0.1) is 32.6 Å². The summed E-state index contributed by atoms with van der Waals surface area (Å²) in [6.45, 7) is 4.60. The van der Waals surface area contributed by atoms with Crippen molar-refractivity contribution in [1.82, 2.24) is 4.90 Å². The van der Waals surface area contributed by atoms with E-state index in [0.717, 1.165) is 0 Å². The Morgan fingerprint density at radius 3 is 2.17 bits per heavy atom. The van der Waals surface area contributed by atoms with Crippen LogP contribution in [0.15, 0.2) is 11.8 Å². The van der Waals surface area contributed by atoms with Gasteiger partial charge in [-0.15, -0.1) is 0 Å². The lowest BCUT2D eigenvalue weighted by molar-refractivity contribution is -0.165. The largest absolute Gasteiger partial charge is 0.454 e. The van der Waals surface area contributed by atoms with Crippen molar-refractivity contribution >= 4 is 13.4 Å². The summed E-state index contributed by atoms with van der Waals surface area (Å²) in [6, 6.07) is 0. The first kappa shape index (κ1) is 20.2. The van der Waals surface area contributed by atoms with Crippen molar-refractivity contribution in [1.29, 1.82) is 0 Å². The molecule has 0 aromatic carbocycles. The summed E-state index contributed by atoms with van der Waals surface area (Å²) in [6.07, 6.45) is -4.91. The van der Waals surface area contributed by atoms with Gasteiger partial charge in [0, 0.05) is 24.9 Å². The van der Waals surface area contributed by atoms with Gasteiger partial charge in [-0.2, -0.15) is 13.2 Å². The van der Waals surface area contributed by atoms with Crippen LogP contribution in [0.3, 0.4) is 0 Å². The third-order valence-corrected chi connectivity index (χ3v) is 5.02. The zero-order valence-electron chi connectivity index (χ0n) is 13.1. The fourth-order valence-corrected chi connectivity index (χ4v) is 3.77. The first-order chi connectivity index (χ1) is 10.7. The number of alkyl halides is 3. The Kier molecular flexibility index (Phi) is 7.73. The molecule has 0 N–H and O–H groups in total. The zero-order chi connectivity index (χ0) is 17.5. The second-order valence-electron chi connectivity index (χ2n) is 4.70. The molecule has 1 rings (SSSR count). The van der Waals surface area contributed by atoms with Crippen molar-refractivity contribution < 1.29 is 36.3 Å². The second kappa shape index (κ2) is 8.82. The summed E-state index contributed by atoms with van der Waals surface area (Å²) in [5, 5.41) is 0. The maximum Gasteiger partial charge on any atom is 0.454 e. The lowest BCUT2D eigenvalue weighted by atomic mass is 10.2. The van der Waals surface area contributed by atoms with Crippen LogP contribution in [0.2, 0.25) is 0 Å². The van der Waals surface area contributed by atoms with Crippen molar-refractivity contribution in [2.75, 3.05) is 45.7 Å². The maximum atomic E-state index is 12.6. The molecule has 0 saturated carbocycles. The molecule has 0 unspecified atom stereocenters. The van der Waals surface area contributed by atoms with Crippen LogP contribution in [0, 0.1) is 0 Å². The number of allylic oxidation sites excluding steroid dienone is 2. The van der Waals surface area contributed by atoms with E-state index in [1.165, 1.54) is 4.90 Å². The number of nitrogens with zero attached hydrogens (tertiary/aromatic N) is 1. The van der Waals surface area contributed by atoms with Gasteiger partial charge in [0.25, 0.3) is 5.78 Å². The van der Waals surface area contributed by atoms with Gasteiger partial charge in [-0.05, 0) is 13.8 Å². The molecule has 0 atom stereocenters. The van der Waals surface area contributed by atoms with E-state index in [-0.39, 0.29) is 18.9 Å². The predicted molar refractivity (Wildman–Crippen MR) is 77.3 cm³/mol. The molecule has 6 nitrogen and oxygen atoms in total. The zero-order valence-corrected chi connectivity index (χ0v) is 14.0. The average Bonchev–Trinajstić information content (AvgIpc) is 2.47. The number of ketones is 1. The fraction of sp³-hybridized carbons (Fsp3) is 0.769. The van der Waals surface area contributed by atoms with Crippen molar-refractivity contribution in [2.45, 2.75) is 20.0 Å². The molecule has 0 spiro atoms. The Morgan fingerprint density at radius 2 is 1.74 bits per heavy atom. The smallest absolute Gasteiger partial charge is 0.378 e. The van der Waals surface area contributed by atoms with Gasteiger partial charge in [-0.25, -0.2) is 0 Å². The van der Waals surface area contributed by atoms with Gasteiger partial charge in [-0.1, -0.05) is 0 Å². The van der Waals surface area contributed by atoms with E-state index in [2.05, 4.69) is 0 Å². The van der Waals surface area contributed by atoms with Gasteiger partial charge in [0.15, 0.2) is 0 Å². The molecule has 1 aliphatic rings. The minimum Gasteiger partial charge on any atom is -0.378 e. The van der Waals surface area contributed by atoms with E-state index in [4.69, 9.17) is 13.8 Å². The normalized spacial score (nSPS) is 17.4. The summed E-state index contributed by atoms with van der Waals surface area (Å²) < 4.78 is 65.5. The molecule has 0 aromatic rings. The second-order valence-corrected chi connectivity index (χ2v) is 6.76. The number of hydrogen-bond donors (Lipinski definition) is 0. The highest BCUT2D eigenvalue weighted by molar-refractivity contribution is 7.54. The number of carbonyl (C=O) groups is 1. The molecule has 23 heavy (non-hydrogen) atoms. The fourth-order valence-electron chi connectivity index (χ4n) is 2.04. The molecular weight excluding hydrogens is 338 g/mol. The molecule has 0 aliphatic carbocycles. The Bertz CT molecular complexity index is 465. The summed E-state index contributed by atoms with van der Waals surface area (Å²) in [4.78, 5) is 12.8. The topological polar surface area (TPSA) is 65.1 Å². The van der Waals surface area contributed by atoms with Crippen molar-refractivity contribution in [2.24, 2.45) is 0 Å². The average molecular weight is 359 g/mol. The molecule has 10 heteroatoms. The monoisotopic (exact) mass is 359 g/mol. The van der Waals surface area contributed by atoms with E-state index >= 15 is 0 Å². The van der Waals surface area contributed by atoms with Crippen molar-refractivity contribution in [3.63, 3.8) is 0 Å². The van der Waals surface area contributed by atoms with Gasteiger partial charge >= 0.3 is 13.8 Å². The highest BCUT2D eigenvalue weighted by Gasteiger charge is 2.38. The number of halogens is 3. The van der Waals surface area contributed by atoms with Crippen LogP contribution in [-0.4, -0.2) is 62.5 Å². The molecule has 0 amide bonds. The molecule has 1 heterocycles. The van der Waals surface area contributed by atoms with Gasteiger partial charge < -0.3 is 18.7 Å².